The van der Waals surface area contributed by atoms with Crippen LogP contribution in [0.25, 0.3) is 0 Å². The van der Waals surface area contributed by atoms with E-state index in [1.165, 1.54) is 45.3 Å². The van der Waals surface area contributed by atoms with Gasteiger partial charge in [-0.25, -0.2) is 0 Å². The van der Waals surface area contributed by atoms with E-state index in [-0.39, 0.29) is 0 Å². The summed E-state index contributed by atoms with van der Waals surface area (Å²) in [5.74, 6) is 0.982. The highest BCUT2D eigenvalue weighted by Gasteiger charge is 2.33. The molecule has 2 aliphatic rings. The van der Waals surface area contributed by atoms with Gasteiger partial charge in [-0.05, 0) is 25.7 Å². The first-order chi connectivity index (χ1) is 6.83. The van der Waals surface area contributed by atoms with Crippen LogP contribution < -0.4 is 5.32 Å². The Morgan fingerprint density at radius 2 is 2.21 bits per heavy atom. The lowest BCUT2D eigenvalue weighted by Gasteiger charge is -2.40. The van der Waals surface area contributed by atoms with Crippen LogP contribution in [-0.2, 0) is 0 Å². The fourth-order valence-electron chi connectivity index (χ4n) is 3.28. The Morgan fingerprint density at radius 3 is 2.93 bits per heavy atom. The Morgan fingerprint density at radius 1 is 1.36 bits per heavy atom. The molecule has 0 aromatic heterocycles. The van der Waals surface area contributed by atoms with Crippen molar-refractivity contribution in [2.45, 2.75) is 51.6 Å². The highest BCUT2D eigenvalue weighted by atomic mass is 15.2. The first kappa shape index (κ1) is 10.4. The summed E-state index contributed by atoms with van der Waals surface area (Å²) < 4.78 is 0. The first-order valence-corrected chi connectivity index (χ1v) is 6.29. The molecule has 1 N–H and O–H groups in total. The summed E-state index contributed by atoms with van der Waals surface area (Å²) >= 11 is 0. The molecule has 82 valence electrons. The molecule has 1 heterocycles. The Hall–Kier alpha value is -0.0800. The van der Waals surface area contributed by atoms with Crippen molar-refractivity contribution in [1.82, 2.24) is 10.2 Å². The molecule has 14 heavy (non-hydrogen) atoms. The lowest BCUT2D eigenvalue weighted by atomic mass is 9.97. The fraction of sp³-hybridized carbons (Fsp3) is 1.00. The molecule has 2 nitrogen and oxygen atoms in total. The molecule has 0 radical (unpaired) electrons. The molecule has 2 rings (SSSR count). The van der Waals surface area contributed by atoms with Crippen molar-refractivity contribution in [1.29, 1.82) is 0 Å². The summed E-state index contributed by atoms with van der Waals surface area (Å²) in [6.07, 6.45) is 5.75. The van der Waals surface area contributed by atoms with E-state index in [0.717, 1.165) is 18.0 Å². The molecule has 1 saturated carbocycles. The van der Waals surface area contributed by atoms with Crippen LogP contribution in [-0.4, -0.2) is 36.6 Å². The van der Waals surface area contributed by atoms with Crippen molar-refractivity contribution < 1.29 is 0 Å². The van der Waals surface area contributed by atoms with Crippen LogP contribution >= 0.6 is 0 Å². The zero-order chi connectivity index (χ0) is 9.97. The second-order valence-corrected chi connectivity index (χ2v) is 4.96. The molecule has 3 atom stereocenters. The van der Waals surface area contributed by atoms with E-state index < -0.39 is 0 Å². The van der Waals surface area contributed by atoms with Gasteiger partial charge >= 0.3 is 0 Å². The van der Waals surface area contributed by atoms with Gasteiger partial charge in [-0.15, -0.1) is 0 Å². The van der Waals surface area contributed by atoms with Gasteiger partial charge in [0, 0.05) is 31.7 Å². The molecular weight excluding hydrogens is 172 g/mol. The van der Waals surface area contributed by atoms with Gasteiger partial charge in [-0.2, -0.15) is 0 Å². The predicted octanol–water partition coefficient (Wildman–Crippen LogP) is 1.86. The monoisotopic (exact) mass is 196 g/mol. The molecule has 3 unspecified atom stereocenters. The smallest absolute Gasteiger partial charge is 0.0195 e. The van der Waals surface area contributed by atoms with Crippen molar-refractivity contribution in [2.24, 2.45) is 5.92 Å². The van der Waals surface area contributed by atoms with Gasteiger partial charge in [0.1, 0.15) is 0 Å². The van der Waals surface area contributed by atoms with Gasteiger partial charge in [0.15, 0.2) is 0 Å². The molecular formula is C12H24N2. The molecule has 0 aromatic carbocycles. The lowest BCUT2D eigenvalue weighted by molar-refractivity contribution is 0.0910. The van der Waals surface area contributed by atoms with E-state index in [0.29, 0.717) is 0 Å². The molecule has 0 bridgehead atoms. The van der Waals surface area contributed by atoms with E-state index in [9.17, 15) is 0 Å². The van der Waals surface area contributed by atoms with E-state index >= 15 is 0 Å². The molecule has 1 saturated heterocycles. The van der Waals surface area contributed by atoms with Crippen molar-refractivity contribution in [3.8, 4) is 0 Å². The van der Waals surface area contributed by atoms with Gasteiger partial charge in [-0.3, -0.25) is 4.90 Å². The minimum Gasteiger partial charge on any atom is -0.314 e. The van der Waals surface area contributed by atoms with Crippen LogP contribution in [0.1, 0.15) is 39.5 Å². The van der Waals surface area contributed by atoms with Gasteiger partial charge in [-0.1, -0.05) is 19.8 Å². The summed E-state index contributed by atoms with van der Waals surface area (Å²) in [4.78, 5) is 2.76. The number of piperazine rings is 1. The van der Waals surface area contributed by atoms with Crippen LogP contribution in [0.4, 0.5) is 0 Å². The second kappa shape index (κ2) is 4.63. The number of nitrogens with one attached hydrogen (secondary N) is 1. The Kier molecular flexibility index (Phi) is 3.45. The number of nitrogens with zero attached hydrogens (tertiary/aromatic N) is 1. The van der Waals surface area contributed by atoms with Crippen molar-refractivity contribution in [3.63, 3.8) is 0 Å². The molecule has 0 spiro atoms. The van der Waals surface area contributed by atoms with Crippen molar-refractivity contribution in [3.05, 3.63) is 0 Å². The Labute approximate surface area is 88.1 Å². The molecule has 1 aliphatic heterocycles. The van der Waals surface area contributed by atoms with Crippen molar-refractivity contribution in [2.75, 3.05) is 19.6 Å². The minimum atomic E-state index is 0.751. The Balaban J connectivity index is 1.97. The third kappa shape index (κ3) is 1.96. The van der Waals surface area contributed by atoms with Crippen LogP contribution in [0.5, 0.6) is 0 Å². The zero-order valence-corrected chi connectivity index (χ0v) is 9.63. The lowest BCUT2D eigenvalue weighted by Crippen LogP contribution is -2.54. The third-order valence-electron chi connectivity index (χ3n) is 4.12. The summed E-state index contributed by atoms with van der Waals surface area (Å²) in [6.45, 7) is 8.37. The summed E-state index contributed by atoms with van der Waals surface area (Å²) in [5.41, 5.74) is 0. The quantitative estimate of drug-likeness (QED) is 0.725. The van der Waals surface area contributed by atoms with Crippen LogP contribution in [0.2, 0.25) is 0 Å². The highest BCUT2D eigenvalue weighted by molar-refractivity contribution is 4.89. The minimum absolute atomic E-state index is 0.751. The van der Waals surface area contributed by atoms with Crippen molar-refractivity contribution >= 4 is 0 Å². The maximum absolute atomic E-state index is 3.48. The standard InChI is InChI=1S/C12H24N2/c1-3-11-5-4-6-12(11)14-8-7-13-9-10(14)2/h10-13H,3-9H2,1-2H3. The number of hydrogen-bond donors (Lipinski definition) is 1. The van der Waals surface area contributed by atoms with Crippen LogP contribution in [0.3, 0.4) is 0 Å². The van der Waals surface area contributed by atoms with Gasteiger partial charge < -0.3 is 5.32 Å². The topological polar surface area (TPSA) is 15.3 Å². The van der Waals surface area contributed by atoms with Crippen LogP contribution in [0.15, 0.2) is 0 Å². The molecule has 0 amide bonds. The molecule has 2 heteroatoms. The molecule has 0 aromatic rings. The second-order valence-electron chi connectivity index (χ2n) is 4.96. The summed E-state index contributed by atoms with van der Waals surface area (Å²) in [5, 5.41) is 3.48. The van der Waals surface area contributed by atoms with Gasteiger partial charge in [0.25, 0.3) is 0 Å². The average Bonchev–Trinajstić information content (AvgIpc) is 2.66. The third-order valence-corrected chi connectivity index (χ3v) is 4.12. The molecule has 1 aliphatic carbocycles. The zero-order valence-electron chi connectivity index (χ0n) is 9.63. The largest absolute Gasteiger partial charge is 0.314 e. The van der Waals surface area contributed by atoms with Gasteiger partial charge in [0.2, 0.25) is 0 Å². The summed E-state index contributed by atoms with van der Waals surface area (Å²) in [6, 6.07) is 1.65. The van der Waals surface area contributed by atoms with Crippen LogP contribution in [0, 0.1) is 5.92 Å². The van der Waals surface area contributed by atoms with E-state index in [1.807, 2.05) is 0 Å². The number of rotatable bonds is 2. The normalized spacial score (nSPS) is 40.3. The molecule has 2 fully saturated rings. The Bertz CT molecular complexity index is 181. The predicted molar refractivity (Wildman–Crippen MR) is 60.5 cm³/mol. The maximum Gasteiger partial charge on any atom is 0.0195 e. The number of hydrogen-bond acceptors (Lipinski definition) is 2. The summed E-state index contributed by atoms with van der Waals surface area (Å²) in [7, 11) is 0. The fourth-order valence-corrected chi connectivity index (χ4v) is 3.28. The van der Waals surface area contributed by atoms with E-state index in [1.54, 1.807) is 0 Å². The van der Waals surface area contributed by atoms with Gasteiger partial charge in [0.05, 0.1) is 0 Å². The SMILES string of the molecule is CCC1CCCC1N1CCNCC1C. The van der Waals surface area contributed by atoms with E-state index in [2.05, 4.69) is 24.1 Å². The maximum atomic E-state index is 3.48. The first-order valence-electron chi connectivity index (χ1n) is 6.29. The average molecular weight is 196 g/mol. The van der Waals surface area contributed by atoms with E-state index in [4.69, 9.17) is 0 Å². The highest BCUT2D eigenvalue weighted by Crippen LogP contribution is 2.33.